The Morgan fingerprint density at radius 1 is 1.15 bits per heavy atom. The van der Waals surface area contributed by atoms with E-state index in [1.807, 2.05) is 27.7 Å². The highest BCUT2D eigenvalue weighted by molar-refractivity contribution is 8.32. The number of hydrogen-bond acceptors (Lipinski definition) is 3. The van der Waals surface area contributed by atoms with Gasteiger partial charge in [0.15, 0.2) is 5.17 Å². The van der Waals surface area contributed by atoms with Crippen LogP contribution in [0.25, 0.3) is 0 Å². The molecule has 0 unspecified atom stereocenters. The molecule has 0 saturated heterocycles. The van der Waals surface area contributed by atoms with E-state index < -0.39 is 0 Å². The summed E-state index contributed by atoms with van der Waals surface area (Å²) in [4.78, 5) is 0. The Balaban J connectivity index is 3.72. The molecular formula is C8H17N3S2. The average Bonchev–Trinajstić information content (AvgIpc) is 1.80. The zero-order chi connectivity index (χ0) is 10.4. The van der Waals surface area contributed by atoms with Crippen molar-refractivity contribution in [3.63, 3.8) is 0 Å². The maximum absolute atomic E-state index is 7.52. The molecule has 0 spiro atoms. The lowest BCUT2D eigenvalue weighted by Gasteiger charge is -2.13. The van der Waals surface area contributed by atoms with Gasteiger partial charge in [0.2, 0.25) is 0 Å². The van der Waals surface area contributed by atoms with Crippen molar-refractivity contribution in [1.82, 2.24) is 10.6 Å². The Kier molecular flexibility index (Phi) is 6.07. The summed E-state index contributed by atoms with van der Waals surface area (Å²) in [5.41, 5.74) is 0. The normalized spacial score (nSPS) is 10.3. The smallest absolute Gasteiger partial charge is 0.161 e. The molecule has 0 amide bonds. The van der Waals surface area contributed by atoms with Crippen LogP contribution in [-0.4, -0.2) is 21.6 Å². The minimum Gasteiger partial charge on any atom is -0.368 e. The average molecular weight is 219 g/mol. The summed E-state index contributed by atoms with van der Waals surface area (Å²) in [5.74, 6) is 0. The first kappa shape index (κ1) is 12.7. The van der Waals surface area contributed by atoms with Gasteiger partial charge >= 0.3 is 0 Å². The number of hydrogen-bond donors (Lipinski definition) is 3. The molecule has 0 aliphatic heterocycles. The fourth-order valence-electron chi connectivity index (χ4n) is 0.650. The van der Waals surface area contributed by atoms with Crippen molar-refractivity contribution in [2.75, 3.05) is 0 Å². The fourth-order valence-corrected chi connectivity index (χ4v) is 1.91. The first-order valence-corrected chi connectivity index (χ1v) is 5.47. The minimum atomic E-state index is 0.279. The Bertz CT molecular complexity index is 170. The van der Waals surface area contributed by atoms with E-state index in [1.54, 1.807) is 0 Å². The van der Waals surface area contributed by atoms with E-state index in [-0.39, 0.29) is 6.04 Å². The van der Waals surface area contributed by atoms with E-state index in [1.165, 1.54) is 11.8 Å². The molecule has 5 heteroatoms. The van der Waals surface area contributed by atoms with Gasteiger partial charge in [0.1, 0.15) is 4.32 Å². The Morgan fingerprint density at radius 3 is 2.00 bits per heavy atom. The molecule has 0 aliphatic rings. The second-order valence-corrected chi connectivity index (χ2v) is 5.00. The van der Waals surface area contributed by atoms with E-state index in [0.29, 0.717) is 15.5 Å². The zero-order valence-electron chi connectivity index (χ0n) is 8.47. The van der Waals surface area contributed by atoms with E-state index >= 15 is 0 Å². The van der Waals surface area contributed by atoms with Crippen LogP contribution in [-0.2, 0) is 0 Å². The van der Waals surface area contributed by atoms with Crippen LogP contribution in [0, 0.1) is 5.41 Å². The van der Waals surface area contributed by atoms with E-state index in [2.05, 4.69) is 10.6 Å². The number of thiocarbonyl (C=S) groups is 1. The van der Waals surface area contributed by atoms with Gasteiger partial charge in [-0.3, -0.25) is 5.41 Å². The molecule has 0 saturated carbocycles. The van der Waals surface area contributed by atoms with E-state index in [4.69, 9.17) is 17.6 Å². The number of nitrogens with one attached hydrogen (secondary N) is 3. The quantitative estimate of drug-likeness (QED) is 0.377. The minimum absolute atomic E-state index is 0.279. The molecule has 13 heavy (non-hydrogen) atoms. The van der Waals surface area contributed by atoms with E-state index in [0.717, 1.165) is 0 Å². The van der Waals surface area contributed by atoms with Crippen molar-refractivity contribution in [3.8, 4) is 0 Å². The molecule has 0 radical (unpaired) electrons. The molecule has 0 atom stereocenters. The highest BCUT2D eigenvalue weighted by Gasteiger charge is 2.04. The summed E-state index contributed by atoms with van der Waals surface area (Å²) in [6, 6.07) is 0.605. The maximum atomic E-state index is 7.52. The van der Waals surface area contributed by atoms with Crippen LogP contribution in [0.5, 0.6) is 0 Å². The highest BCUT2D eigenvalue weighted by atomic mass is 32.2. The topological polar surface area (TPSA) is 47.9 Å². The van der Waals surface area contributed by atoms with Crippen molar-refractivity contribution in [3.05, 3.63) is 0 Å². The Labute approximate surface area is 89.6 Å². The van der Waals surface area contributed by atoms with Crippen molar-refractivity contribution in [1.29, 1.82) is 5.41 Å². The van der Waals surface area contributed by atoms with Gasteiger partial charge in [0, 0.05) is 12.1 Å². The summed E-state index contributed by atoms with van der Waals surface area (Å²) in [6.07, 6.45) is 0. The summed E-state index contributed by atoms with van der Waals surface area (Å²) in [5, 5.41) is 13.9. The van der Waals surface area contributed by atoms with Crippen LogP contribution in [0.15, 0.2) is 0 Å². The van der Waals surface area contributed by atoms with Crippen LogP contribution >= 0.6 is 24.0 Å². The highest BCUT2D eigenvalue weighted by Crippen LogP contribution is 2.03. The molecular weight excluding hydrogens is 202 g/mol. The summed E-state index contributed by atoms with van der Waals surface area (Å²) in [6.45, 7) is 8.03. The lowest BCUT2D eigenvalue weighted by molar-refractivity contribution is 0.737. The van der Waals surface area contributed by atoms with Gasteiger partial charge < -0.3 is 10.6 Å². The van der Waals surface area contributed by atoms with Crippen LogP contribution in [0.4, 0.5) is 0 Å². The molecule has 0 aromatic carbocycles. The third kappa shape index (κ3) is 8.05. The second-order valence-electron chi connectivity index (χ2n) is 3.32. The van der Waals surface area contributed by atoms with Gasteiger partial charge in [0.25, 0.3) is 0 Å². The number of rotatable bonds is 2. The largest absolute Gasteiger partial charge is 0.368 e. The molecule has 76 valence electrons. The summed E-state index contributed by atoms with van der Waals surface area (Å²) in [7, 11) is 0. The first-order chi connectivity index (χ1) is 5.91. The Morgan fingerprint density at radius 2 is 1.62 bits per heavy atom. The van der Waals surface area contributed by atoms with Crippen molar-refractivity contribution < 1.29 is 0 Å². The lowest BCUT2D eigenvalue weighted by atomic mass is 10.4. The summed E-state index contributed by atoms with van der Waals surface area (Å²) < 4.78 is 0.646. The zero-order valence-corrected chi connectivity index (χ0v) is 10.1. The van der Waals surface area contributed by atoms with Crippen LogP contribution in [0.3, 0.4) is 0 Å². The second kappa shape index (κ2) is 6.21. The van der Waals surface area contributed by atoms with Gasteiger partial charge in [0.05, 0.1) is 0 Å². The van der Waals surface area contributed by atoms with Gasteiger partial charge in [-0.15, -0.1) is 0 Å². The predicted molar refractivity (Wildman–Crippen MR) is 64.5 cm³/mol. The number of thioether (sulfide) groups is 1. The van der Waals surface area contributed by atoms with Gasteiger partial charge in [-0.05, 0) is 39.5 Å². The van der Waals surface area contributed by atoms with Crippen molar-refractivity contribution in [2.45, 2.75) is 39.8 Å². The molecule has 3 nitrogen and oxygen atoms in total. The standard InChI is InChI=1S/C8H17N3S2/c1-5(2)10-7(9)13-8(12)11-6(3)4/h5-6H,1-4H3,(H2,9,10)(H,11,12). The Hall–Kier alpha value is -0.290. The first-order valence-electron chi connectivity index (χ1n) is 4.25. The molecule has 0 fully saturated rings. The van der Waals surface area contributed by atoms with Crippen LogP contribution < -0.4 is 10.6 Å². The fraction of sp³-hybridized carbons (Fsp3) is 0.750. The van der Waals surface area contributed by atoms with Crippen LogP contribution in [0.1, 0.15) is 27.7 Å². The van der Waals surface area contributed by atoms with Crippen LogP contribution in [0.2, 0.25) is 0 Å². The van der Waals surface area contributed by atoms with Gasteiger partial charge in [-0.25, -0.2) is 0 Å². The van der Waals surface area contributed by atoms with Crippen molar-refractivity contribution >= 4 is 33.5 Å². The van der Waals surface area contributed by atoms with Gasteiger partial charge in [-0.1, -0.05) is 12.2 Å². The molecule has 3 N–H and O–H groups in total. The summed E-state index contributed by atoms with van der Waals surface area (Å²) >= 11 is 6.28. The molecule has 0 rings (SSSR count). The van der Waals surface area contributed by atoms with Gasteiger partial charge in [-0.2, -0.15) is 0 Å². The lowest BCUT2D eigenvalue weighted by Crippen LogP contribution is -2.32. The molecule has 0 aliphatic carbocycles. The third-order valence-corrected chi connectivity index (χ3v) is 2.01. The molecule has 0 heterocycles. The van der Waals surface area contributed by atoms with E-state index in [9.17, 15) is 0 Å². The predicted octanol–water partition coefficient (Wildman–Crippen LogP) is 1.94. The molecule has 0 aromatic heterocycles. The molecule has 0 aromatic rings. The van der Waals surface area contributed by atoms with Crippen molar-refractivity contribution in [2.24, 2.45) is 0 Å². The maximum Gasteiger partial charge on any atom is 0.161 e. The monoisotopic (exact) mass is 219 g/mol. The molecule has 0 bridgehead atoms. The SMILES string of the molecule is CC(C)NC(=N)SC(=S)NC(C)C. The third-order valence-electron chi connectivity index (χ3n) is 1.02. The number of amidine groups is 1.